The van der Waals surface area contributed by atoms with Crippen molar-refractivity contribution in [2.24, 2.45) is 0 Å². The lowest BCUT2D eigenvalue weighted by molar-refractivity contribution is 1.07. The fourth-order valence-corrected chi connectivity index (χ4v) is 7.14. The SMILES string of the molecule is c1ccc(-c2nc(-c3ccccc3)nc(-c3ccc4c(c3)sc3ccc(-c5nc(-c6ccccc6)c6ccccc6n5)cc34)n2)cc1. The van der Waals surface area contributed by atoms with Crippen LogP contribution in [0.2, 0.25) is 0 Å². The van der Waals surface area contributed by atoms with Gasteiger partial charge in [0, 0.05) is 53.4 Å². The Hall–Kier alpha value is -6.11. The second-order valence-corrected chi connectivity index (χ2v) is 12.4. The van der Waals surface area contributed by atoms with E-state index in [0.29, 0.717) is 23.3 Å². The van der Waals surface area contributed by atoms with Crippen molar-refractivity contribution in [1.29, 1.82) is 0 Å². The molecule has 0 aliphatic carbocycles. The Morgan fingerprint density at radius 3 is 1.53 bits per heavy atom. The molecule has 47 heavy (non-hydrogen) atoms. The van der Waals surface area contributed by atoms with Crippen LogP contribution in [-0.2, 0) is 0 Å². The molecule has 0 amide bonds. The summed E-state index contributed by atoms with van der Waals surface area (Å²) in [6.45, 7) is 0. The van der Waals surface area contributed by atoms with E-state index in [2.05, 4.69) is 60.7 Å². The molecule has 5 nitrogen and oxygen atoms in total. The van der Waals surface area contributed by atoms with Gasteiger partial charge in [-0.25, -0.2) is 24.9 Å². The van der Waals surface area contributed by atoms with E-state index in [9.17, 15) is 0 Å². The van der Waals surface area contributed by atoms with Crippen molar-refractivity contribution in [3.05, 3.63) is 152 Å². The Bertz CT molecular complexity index is 2510. The van der Waals surface area contributed by atoms with Crippen molar-refractivity contribution in [3.63, 3.8) is 0 Å². The molecule has 0 bridgehead atoms. The van der Waals surface area contributed by atoms with Crippen LogP contribution in [0.25, 0.3) is 87.9 Å². The van der Waals surface area contributed by atoms with Crippen LogP contribution in [0.1, 0.15) is 0 Å². The van der Waals surface area contributed by atoms with Crippen LogP contribution in [0, 0.1) is 0 Å². The van der Waals surface area contributed by atoms with E-state index < -0.39 is 0 Å². The number of fused-ring (bicyclic) bond motifs is 4. The summed E-state index contributed by atoms with van der Waals surface area (Å²) in [6, 6.07) is 51.7. The first-order chi connectivity index (χ1) is 23.3. The normalized spacial score (nSPS) is 11.4. The maximum atomic E-state index is 5.10. The van der Waals surface area contributed by atoms with Crippen LogP contribution in [-0.4, -0.2) is 24.9 Å². The highest BCUT2D eigenvalue weighted by atomic mass is 32.1. The molecule has 3 heterocycles. The maximum absolute atomic E-state index is 5.10. The first kappa shape index (κ1) is 27.2. The first-order valence-corrected chi connectivity index (χ1v) is 16.2. The number of nitrogens with zero attached hydrogens (tertiary/aromatic N) is 5. The van der Waals surface area contributed by atoms with Gasteiger partial charge in [0.25, 0.3) is 0 Å². The van der Waals surface area contributed by atoms with E-state index in [0.717, 1.165) is 44.4 Å². The Kier molecular flexibility index (Phi) is 6.58. The largest absolute Gasteiger partial charge is 0.228 e. The van der Waals surface area contributed by atoms with Gasteiger partial charge in [-0.1, -0.05) is 121 Å². The molecule has 3 aromatic heterocycles. The standard InChI is InChI=1S/C41H25N5S/c1-4-12-26(13-5-1)37-32-18-10-11-19-34(32)42-40(43-37)29-21-23-35-33(24-29)31-22-20-30(25-36(31)47-35)41-45-38(27-14-6-2-7-15-27)44-39(46-41)28-16-8-3-9-17-28/h1-25H. The molecule has 9 rings (SSSR count). The molecule has 0 spiro atoms. The van der Waals surface area contributed by atoms with Crippen molar-refractivity contribution < 1.29 is 0 Å². The highest BCUT2D eigenvalue weighted by Crippen LogP contribution is 2.39. The molecule has 6 heteroatoms. The molecule has 0 fully saturated rings. The zero-order valence-corrected chi connectivity index (χ0v) is 25.9. The molecule has 0 aliphatic rings. The molecule has 0 unspecified atom stereocenters. The minimum atomic E-state index is 0.649. The Morgan fingerprint density at radius 1 is 0.319 bits per heavy atom. The molecule has 0 N–H and O–H groups in total. The number of hydrogen-bond acceptors (Lipinski definition) is 6. The van der Waals surface area contributed by atoms with Gasteiger partial charge in [-0.15, -0.1) is 11.3 Å². The lowest BCUT2D eigenvalue weighted by Crippen LogP contribution is -1.99. The van der Waals surface area contributed by atoms with Crippen LogP contribution >= 0.6 is 11.3 Å². The predicted octanol–water partition coefficient (Wildman–Crippen LogP) is 10.5. The van der Waals surface area contributed by atoms with Crippen molar-refractivity contribution in [2.45, 2.75) is 0 Å². The van der Waals surface area contributed by atoms with Crippen molar-refractivity contribution in [1.82, 2.24) is 24.9 Å². The third-order valence-electron chi connectivity index (χ3n) is 8.34. The number of benzene rings is 6. The summed E-state index contributed by atoms with van der Waals surface area (Å²) >= 11 is 1.77. The highest BCUT2D eigenvalue weighted by molar-refractivity contribution is 7.25. The topological polar surface area (TPSA) is 64.5 Å². The Morgan fingerprint density at radius 2 is 0.851 bits per heavy atom. The molecule has 0 saturated heterocycles. The summed E-state index contributed by atoms with van der Waals surface area (Å²) in [7, 11) is 0. The fraction of sp³-hybridized carbons (Fsp3) is 0. The summed E-state index contributed by atoms with van der Waals surface area (Å²) in [5.74, 6) is 2.67. The Balaban J connectivity index is 1.16. The molecular weight excluding hydrogens is 595 g/mol. The number of rotatable bonds is 5. The van der Waals surface area contributed by atoms with Crippen molar-refractivity contribution >= 4 is 42.4 Å². The number of hydrogen-bond donors (Lipinski definition) is 0. The van der Waals surface area contributed by atoms with Gasteiger partial charge in [0.15, 0.2) is 23.3 Å². The minimum absolute atomic E-state index is 0.649. The zero-order chi connectivity index (χ0) is 31.2. The lowest BCUT2D eigenvalue weighted by Gasteiger charge is -2.09. The van der Waals surface area contributed by atoms with Gasteiger partial charge in [0.2, 0.25) is 0 Å². The number of aromatic nitrogens is 5. The van der Waals surface area contributed by atoms with Gasteiger partial charge in [-0.3, -0.25) is 0 Å². The van der Waals surface area contributed by atoms with E-state index in [1.807, 2.05) is 91.0 Å². The average molecular weight is 620 g/mol. The molecule has 0 radical (unpaired) electrons. The van der Waals surface area contributed by atoms with Crippen LogP contribution in [0.5, 0.6) is 0 Å². The van der Waals surface area contributed by atoms with Gasteiger partial charge in [-0.2, -0.15) is 0 Å². The van der Waals surface area contributed by atoms with Crippen LogP contribution in [0.15, 0.2) is 152 Å². The van der Waals surface area contributed by atoms with Gasteiger partial charge in [0.1, 0.15) is 0 Å². The third-order valence-corrected chi connectivity index (χ3v) is 9.47. The van der Waals surface area contributed by atoms with Crippen LogP contribution in [0.4, 0.5) is 0 Å². The summed E-state index contributed by atoms with van der Waals surface area (Å²) in [5.41, 5.74) is 6.79. The monoisotopic (exact) mass is 619 g/mol. The second kappa shape index (κ2) is 11.4. The van der Waals surface area contributed by atoms with Gasteiger partial charge in [0.05, 0.1) is 11.2 Å². The van der Waals surface area contributed by atoms with Crippen LogP contribution in [0.3, 0.4) is 0 Å². The molecule has 220 valence electrons. The highest BCUT2D eigenvalue weighted by Gasteiger charge is 2.16. The molecule has 0 aliphatic heterocycles. The number of thiophene rings is 1. The second-order valence-electron chi connectivity index (χ2n) is 11.3. The summed E-state index contributed by atoms with van der Waals surface area (Å²) < 4.78 is 2.37. The van der Waals surface area contributed by atoms with Crippen LogP contribution < -0.4 is 0 Å². The summed E-state index contributed by atoms with van der Waals surface area (Å²) in [5, 5.41) is 3.40. The molecule has 6 aromatic carbocycles. The van der Waals surface area contributed by atoms with E-state index >= 15 is 0 Å². The lowest BCUT2D eigenvalue weighted by atomic mass is 10.0. The smallest absolute Gasteiger partial charge is 0.164 e. The van der Waals surface area contributed by atoms with E-state index in [-0.39, 0.29) is 0 Å². The van der Waals surface area contributed by atoms with Gasteiger partial charge in [-0.05, 0) is 30.3 Å². The zero-order valence-electron chi connectivity index (χ0n) is 25.1. The van der Waals surface area contributed by atoms with E-state index in [1.54, 1.807) is 11.3 Å². The third kappa shape index (κ3) is 5.01. The molecular formula is C41H25N5S. The quantitative estimate of drug-likeness (QED) is 0.192. The van der Waals surface area contributed by atoms with E-state index in [4.69, 9.17) is 24.9 Å². The molecule has 0 saturated carbocycles. The predicted molar refractivity (Wildman–Crippen MR) is 193 cm³/mol. The Labute approximate surface area is 275 Å². The average Bonchev–Trinajstić information content (AvgIpc) is 3.52. The molecule has 0 atom stereocenters. The van der Waals surface area contributed by atoms with Crippen molar-refractivity contribution in [2.75, 3.05) is 0 Å². The number of para-hydroxylation sites is 1. The fourth-order valence-electron chi connectivity index (χ4n) is 6.01. The van der Waals surface area contributed by atoms with E-state index in [1.165, 1.54) is 20.2 Å². The van der Waals surface area contributed by atoms with Crippen molar-refractivity contribution in [3.8, 4) is 56.8 Å². The summed E-state index contributed by atoms with van der Waals surface area (Å²) in [6.07, 6.45) is 0. The molecule has 9 aromatic rings. The van der Waals surface area contributed by atoms with Gasteiger partial charge < -0.3 is 0 Å². The minimum Gasteiger partial charge on any atom is -0.228 e. The first-order valence-electron chi connectivity index (χ1n) is 15.4. The maximum Gasteiger partial charge on any atom is 0.164 e. The summed E-state index contributed by atoms with van der Waals surface area (Å²) in [4.78, 5) is 24.8. The van der Waals surface area contributed by atoms with Gasteiger partial charge >= 0.3 is 0 Å².